The molecular weight excluding hydrogens is 624 g/mol. The molecule has 2 atom stereocenters. The van der Waals surface area contributed by atoms with Crippen molar-refractivity contribution in [3.63, 3.8) is 0 Å². The SMILES string of the molecule is Cc1ccc(OC(F)F)c(Cn2c3cc(-c4cnc(N5CCN(C(=O)[C@H](C)NC(=O)OC(C)(C)C)[C@H](C)C5)nc4)ccc3c(=O)n2C)c1. The van der Waals surface area contributed by atoms with Crippen LogP contribution in [-0.2, 0) is 23.1 Å². The molecule has 4 aromatic rings. The number of carbonyl (C=O) groups is 2. The van der Waals surface area contributed by atoms with Crippen LogP contribution < -0.4 is 20.5 Å². The van der Waals surface area contributed by atoms with Crippen molar-refractivity contribution in [2.45, 2.75) is 72.4 Å². The van der Waals surface area contributed by atoms with E-state index < -0.39 is 24.3 Å². The van der Waals surface area contributed by atoms with Crippen LogP contribution in [0.15, 0.2) is 53.6 Å². The number of ether oxygens (including phenoxy) is 2. The number of piperazine rings is 1. The fourth-order valence-corrected chi connectivity index (χ4v) is 5.84. The van der Waals surface area contributed by atoms with Crippen LogP contribution in [0.25, 0.3) is 22.0 Å². The van der Waals surface area contributed by atoms with Crippen LogP contribution in [0, 0.1) is 6.92 Å². The lowest BCUT2D eigenvalue weighted by atomic mass is 10.1. The highest BCUT2D eigenvalue weighted by Crippen LogP contribution is 2.27. The van der Waals surface area contributed by atoms with Gasteiger partial charge in [-0.05, 0) is 65.3 Å². The highest BCUT2D eigenvalue weighted by molar-refractivity contribution is 5.86. The summed E-state index contributed by atoms with van der Waals surface area (Å²) in [6.45, 7) is 9.32. The Hall–Kier alpha value is -5.01. The first-order valence-electron chi connectivity index (χ1n) is 15.7. The lowest BCUT2D eigenvalue weighted by molar-refractivity contribution is -0.135. The number of nitrogens with one attached hydrogen (secondary N) is 1. The molecule has 0 aliphatic carbocycles. The second-order valence-electron chi connectivity index (χ2n) is 13.1. The number of hydrogen-bond acceptors (Lipinski definition) is 8. The topological polar surface area (TPSA) is 124 Å². The molecule has 14 heteroatoms. The van der Waals surface area contributed by atoms with Crippen molar-refractivity contribution in [1.82, 2.24) is 29.5 Å². The second kappa shape index (κ2) is 13.6. The van der Waals surface area contributed by atoms with Crippen molar-refractivity contribution >= 4 is 28.9 Å². The number of fused-ring (bicyclic) bond motifs is 1. The first kappa shape index (κ1) is 34.3. The fourth-order valence-electron chi connectivity index (χ4n) is 5.84. The molecule has 2 aromatic heterocycles. The van der Waals surface area contributed by atoms with Gasteiger partial charge >= 0.3 is 12.7 Å². The van der Waals surface area contributed by atoms with Crippen molar-refractivity contribution in [3.05, 3.63) is 70.3 Å². The van der Waals surface area contributed by atoms with E-state index in [1.807, 2.05) is 30.9 Å². The van der Waals surface area contributed by atoms with Gasteiger partial charge in [0.15, 0.2) is 0 Å². The maximum atomic E-state index is 13.1. The van der Waals surface area contributed by atoms with E-state index in [2.05, 4.69) is 15.3 Å². The summed E-state index contributed by atoms with van der Waals surface area (Å²) in [4.78, 5) is 51.3. The predicted octanol–water partition coefficient (Wildman–Crippen LogP) is 4.71. The molecule has 0 saturated carbocycles. The molecule has 0 bridgehead atoms. The first-order chi connectivity index (χ1) is 22.6. The normalized spacial score (nSPS) is 15.9. The van der Waals surface area contributed by atoms with E-state index in [1.54, 1.807) is 74.9 Å². The molecule has 0 spiro atoms. The van der Waals surface area contributed by atoms with Gasteiger partial charge in [0.1, 0.15) is 17.4 Å². The number of hydrogen-bond donors (Lipinski definition) is 1. The molecule has 256 valence electrons. The number of alkyl halides is 2. The number of carbonyl (C=O) groups excluding carboxylic acids is 2. The predicted molar refractivity (Wildman–Crippen MR) is 177 cm³/mol. The van der Waals surface area contributed by atoms with Crippen LogP contribution in [0.5, 0.6) is 5.75 Å². The average Bonchev–Trinajstić information content (AvgIpc) is 3.25. The standard InChI is InChI=1S/C34H41F2N7O5/c1-20-8-11-28(47-31(35)36)24(14-20)19-43-27-15-23(9-10-26(27)30(45)40(43)7)25-16-37-32(38-17-25)41-12-13-42(21(2)18-41)29(44)22(3)39-33(46)48-34(4,5)6/h8-11,14-17,21-22,31H,12-13,18-19H2,1-7H3,(H,39,46)/t21-,22+/m1/s1. The van der Waals surface area contributed by atoms with E-state index in [0.717, 1.165) is 16.7 Å². The molecule has 0 unspecified atom stereocenters. The van der Waals surface area contributed by atoms with E-state index in [-0.39, 0.29) is 29.8 Å². The van der Waals surface area contributed by atoms with Gasteiger partial charge in [-0.25, -0.2) is 14.8 Å². The molecule has 5 rings (SSSR count). The van der Waals surface area contributed by atoms with Crippen molar-refractivity contribution in [3.8, 4) is 16.9 Å². The van der Waals surface area contributed by atoms with Crippen molar-refractivity contribution < 1.29 is 27.8 Å². The smallest absolute Gasteiger partial charge is 0.408 e. The minimum atomic E-state index is -2.97. The Morgan fingerprint density at radius 1 is 1.06 bits per heavy atom. The summed E-state index contributed by atoms with van der Waals surface area (Å²) < 4.78 is 39.4. The summed E-state index contributed by atoms with van der Waals surface area (Å²) in [7, 11) is 1.63. The minimum Gasteiger partial charge on any atom is -0.444 e. The Morgan fingerprint density at radius 3 is 2.42 bits per heavy atom. The Labute approximate surface area is 277 Å². The molecule has 1 fully saturated rings. The van der Waals surface area contributed by atoms with Gasteiger partial charge in [0, 0.05) is 56.2 Å². The summed E-state index contributed by atoms with van der Waals surface area (Å²) in [5.41, 5.74) is 2.64. The molecule has 2 aromatic carbocycles. The van der Waals surface area contributed by atoms with E-state index in [0.29, 0.717) is 42.0 Å². The average molecular weight is 666 g/mol. The Kier molecular flexibility index (Phi) is 9.74. The quantitative estimate of drug-likeness (QED) is 0.287. The summed E-state index contributed by atoms with van der Waals surface area (Å²) in [5.74, 6) is 0.372. The first-order valence-corrected chi connectivity index (χ1v) is 15.7. The van der Waals surface area contributed by atoms with Crippen LogP contribution in [0.2, 0.25) is 0 Å². The van der Waals surface area contributed by atoms with Gasteiger partial charge in [-0.15, -0.1) is 0 Å². The van der Waals surface area contributed by atoms with Gasteiger partial charge in [0.25, 0.3) is 5.56 Å². The summed E-state index contributed by atoms with van der Waals surface area (Å²) in [6, 6.07) is 9.49. The maximum Gasteiger partial charge on any atom is 0.408 e. The Morgan fingerprint density at radius 2 is 1.77 bits per heavy atom. The van der Waals surface area contributed by atoms with Crippen LogP contribution in [-0.4, -0.2) is 80.2 Å². The summed E-state index contributed by atoms with van der Waals surface area (Å²) in [6.07, 6.45) is 2.77. The summed E-state index contributed by atoms with van der Waals surface area (Å²) >= 11 is 0. The third-order valence-corrected chi connectivity index (χ3v) is 8.18. The number of aryl methyl sites for hydroxylation is 1. The number of nitrogens with zero attached hydrogens (tertiary/aromatic N) is 6. The number of anilines is 1. The largest absolute Gasteiger partial charge is 0.444 e. The van der Waals surface area contributed by atoms with Crippen molar-refractivity contribution in [1.29, 1.82) is 0 Å². The van der Waals surface area contributed by atoms with Gasteiger partial charge in [0.2, 0.25) is 11.9 Å². The lowest BCUT2D eigenvalue weighted by Gasteiger charge is -2.40. The van der Waals surface area contributed by atoms with Gasteiger partial charge in [-0.3, -0.25) is 19.0 Å². The Bertz CT molecular complexity index is 1870. The van der Waals surface area contributed by atoms with Gasteiger partial charge in [-0.2, -0.15) is 8.78 Å². The second-order valence-corrected chi connectivity index (χ2v) is 13.1. The molecule has 1 aliphatic heterocycles. The number of halogens is 2. The van der Waals surface area contributed by atoms with E-state index >= 15 is 0 Å². The zero-order chi connectivity index (χ0) is 34.9. The number of benzene rings is 2. The monoisotopic (exact) mass is 665 g/mol. The number of aromatic nitrogens is 4. The van der Waals surface area contributed by atoms with E-state index in [4.69, 9.17) is 9.47 Å². The highest BCUT2D eigenvalue weighted by Gasteiger charge is 2.32. The van der Waals surface area contributed by atoms with E-state index in [9.17, 15) is 23.2 Å². The molecule has 48 heavy (non-hydrogen) atoms. The van der Waals surface area contributed by atoms with Crippen LogP contribution >= 0.6 is 0 Å². The maximum absolute atomic E-state index is 13.1. The summed E-state index contributed by atoms with van der Waals surface area (Å²) in [5, 5.41) is 3.10. The zero-order valence-electron chi connectivity index (χ0n) is 28.2. The highest BCUT2D eigenvalue weighted by atomic mass is 19.3. The fraction of sp³-hybridized carbons (Fsp3) is 0.441. The zero-order valence-corrected chi connectivity index (χ0v) is 28.2. The number of rotatable bonds is 8. The molecule has 1 N–H and O–H groups in total. The van der Waals surface area contributed by atoms with Gasteiger partial charge in [-0.1, -0.05) is 23.8 Å². The number of alkyl carbamates (subject to hydrolysis) is 1. The molecule has 3 heterocycles. The molecule has 1 saturated heterocycles. The third kappa shape index (κ3) is 7.58. The molecule has 1 aliphatic rings. The number of amides is 2. The molecule has 12 nitrogen and oxygen atoms in total. The Balaban J connectivity index is 1.31. The van der Waals surface area contributed by atoms with Crippen molar-refractivity contribution in [2.24, 2.45) is 7.05 Å². The third-order valence-electron chi connectivity index (χ3n) is 8.18. The van der Waals surface area contributed by atoms with Crippen LogP contribution in [0.3, 0.4) is 0 Å². The molecular formula is C34H41F2N7O5. The van der Waals surface area contributed by atoms with E-state index in [1.165, 1.54) is 10.7 Å². The van der Waals surface area contributed by atoms with Gasteiger partial charge < -0.3 is 24.6 Å². The molecule has 0 radical (unpaired) electrons. The van der Waals surface area contributed by atoms with Crippen molar-refractivity contribution in [2.75, 3.05) is 24.5 Å². The molecule has 2 amide bonds. The van der Waals surface area contributed by atoms with Crippen LogP contribution in [0.1, 0.15) is 45.7 Å². The van der Waals surface area contributed by atoms with Gasteiger partial charge in [0.05, 0.1) is 17.4 Å². The van der Waals surface area contributed by atoms with Crippen LogP contribution in [0.4, 0.5) is 19.5 Å². The lowest BCUT2D eigenvalue weighted by Crippen LogP contribution is -2.58. The minimum absolute atomic E-state index is 0.0524.